The van der Waals surface area contributed by atoms with Crippen LogP contribution in [-0.4, -0.2) is 36.5 Å². The average molecular weight is 391 g/mol. The summed E-state index contributed by atoms with van der Waals surface area (Å²) in [4.78, 5) is 12.2. The van der Waals surface area contributed by atoms with E-state index in [1.165, 1.54) is 5.69 Å². The summed E-state index contributed by atoms with van der Waals surface area (Å²) in [5.74, 6) is 1.36. The summed E-state index contributed by atoms with van der Waals surface area (Å²) in [5, 5.41) is 10.8. The molecule has 3 aromatic rings. The molecule has 0 unspecified atom stereocenters. The molecule has 0 spiro atoms. The van der Waals surface area contributed by atoms with Gasteiger partial charge in [-0.25, -0.2) is 0 Å². The van der Waals surface area contributed by atoms with E-state index in [0.717, 1.165) is 28.7 Å². The first kappa shape index (κ1) is 17.4. The molecule has 2 aliphatic heterocycles. The van der Waals surface area contributed by atoms with Crippen molar-refractivity contribution >= 4 is 16.9 Å². The van der Waals surface area contributed by atoms with Crippen molar-refractivity contribution in [2.24, 2.45) is 4.99 Å². The van der Waals surface area contributed by atoms with Crippen molar-refractivity contribution in [3.8, 4) is 11.4 Å². The van der Waals surface area contributed by atoms with E-state index in [4.69, 9.17) is 4.99 Å². The number of hydrogen-bond acceptors (Lipinski definition) is 5. The molecular formula is C22H22N4OS. The van der Waals surface area contributed by atoms with Crippen LogP contribution in [0.4, 0.5) is 0 Å². The van der Waals surface area contributed by atoms with Crippen LogP contribution in [0, 0.1) is 0 Å². The van der Waals surface area contributed by atoms with Crippen LogP contribution >= 0.6 is 11.8 Å². The molecule has 5 nitrogen and oxygen atoms in total. The minimum Gasteiger partial charge on any atom is -0.508 e. The second-order valence-electron chi connectivity index (χ2n) is 7.16. The molecule has 1 aromatic carbocycles. The van der Waals surface area contributed by atoms with E-state index in [9.17, 15) is 5.11 Å². The fourth-order valence-electron chi connectivity index (χ4n) is 4.15. The predicted molar refractivity (Wildman–Crippen MR) is 113 cm³/mol. The van der Waals surface area contributed by atoms with Crippen LogP contribution in [0.3, 0.4) is 0 Å². The lowest BCUT2D eigenvalue weighted by atomic mass is 9.99. The highest BCUT2D eigenvalue weighted by Crippen LogP contribution is 2.48. The molecule has 0 saturated carbocycles. The third kappa shape index (κ3) is 2.79. The van der Waals surface area contributed by atoms with E-state index < -0.39 is 0 Å². The van der Waals surface area contributed by atoms with Gasteiger partial charge in [0.05, 0.1) is 5.69 Å². The predicted octanol–water partition coefficient (Wildman–Crippen LogP) is 4.56. The van der Waals surface area contributed by atoms with Gasteiger partial charge in [0.1, 0.15) is 17.8 Å². The van der Waals surface area contributed by atoms with Crippen molar-refractivity contribution < 1.29 is 5.11 Å². The maximum absolute atomic E-state index is 9.67. The van der Waals surface area contributed by atoms with Gasteiger partial charge in [-0.05, 0) is 55.0 Å². The highest BCUT2D eigenvalue weighted by atomic mass is 32.2. The zero-order chi connectivity index (χ0) is 19.1. The quantitative estimate of drug-likeness (QED) is 0.710. The summed E-state index contributed by atoms with van der Waals surface area (Å²) in [6, 6.07) is 18.2. The highest BCUT2D eigenvalue weighted by Gasteiger charge is 2.46. The molecule has 142 valence electrons. The fourth-order valence-corrected chi connectivity index (χ4v) is 5.49. The Morgan fingerprint density at radius 3 is 2.71 bits per heavy atom. The van der Waals surface area contributed by atoms with Gasteiger partial charge in [-0.15, -0.1) is 0 Å². The van der Waals surface area contributed by atoms with Crippen molar-refractivity contribution in [1.29, 1.82) is 0 Å². The largest absolute Gasteiger partial charge is 0.508 e. The number of pyridine rings is 1. The summed E-state index contributed by atoms with van der Waals surface area (Å²) in [6.45, 7) is 2.25. The lowest BCUT2D eigenvalue weighted by Gasteiger charge is -2.32. The van der Waals surface area contributed by atoms with Gasteiger partial charge in [-0.1, -0.05) is 24.8 Å². The number of amidine groups is 1. The molecule has 28 heavy (non-hydrogen) atoms. The Bertz CT molecular complexity index is 999. The first-order valence-electron chi connectivity index (χ1n) is 9.63. The monoisotopic (exact) mass is 390 g/mol. The number of nitrogens with zero attached hydrogens (tertiary/aromatic N) is 4. The molecule has 6 heteroatoms. The van der Waals surface area contributed by atoms with Crippen LogP contribution < -0.4 is 0 Å². The minimum atomic E-state index is -0.0242. The van der Waals surface area contributed by atoms with Gasteiger partial charge in [0.2, 0.25) is 0 Å². The minimum absolute atomic E-state index is 0.0242. The summed E-state index contributed by atoms with van der Waals surface area (Å²) in [5.41, 5.74) is 3.23. The van der Waals surface area contributed by atoms with E-state index in [1.54, 1.807) is 12.1 Å². The molecule has 1 N–H and O–H groups in total. The summed E-state index contributed by atoms with van der Waals surface area (Å²) >= 11 is 1.85. The lowest BCUT2D eigenvalue weighted by Crippen LogP contribution is -2.36. The first-order chi connectivity index (χ1) is 13.8. The van der Waals surface area contributed by atoms with Gasteiger partial charge in [0.25, 0.3) is 0 Å². The van der Waals surface area contributed by atoms with Crippen LogP contribution in [0.1, 0.15) is 36.8 Å². The van der Waals surface area contributed by atoms with Crippen LogP contribution in [-0.2, 0) is 0 Å². The molecule has 4 heterocycles. The summed E-state index contributed by atoms with van der Waals surface area (Å²) in [7, 11) is 0. The van der Waals surface area contributed by atoms with E-state index in [0.29, 0.717) is 6.04 Å². The fraction of sp³-hybridized carbons (Fsp3) is 0.273. The molecule has 3 atom stereocenters. The van der Waals surface area contributed by atoms with Crippen molar-refractivity contribution in [3.05, 3.63) is 78.4 Å². The van der Waals surface area contributed by atoms with E-state index >= 15 is 0 Å². The standard InChI is InChI=1S/C22H22N4OS/c1-2-15-14-28-22-24-20(18-6-3-4-12-23-18)21(26(15)22)19-7-5-13-25(19)16-8-10-17(27)11-9-16/h3-13,15,20-21,27H,2,14H2,1H3/t15-,20+,21-/m1/s1. The van der Waals surface area contributed by atoms with E-state index in [1.807, 2.05) is 42.2 Å². The van der Waals surface area contributed by atoms with Crippen LogP contribution in [0.15, 0.2) is 72.0 Å². The molecule has 0 radical (unpaired) electrons. The van der Waals surface area contributed by atoms with Gasteiger partial charge < -0.3 is 14.6 Å². The van der Waals surface area contributed by atoms with Gasteiger partial charge in [0.15, 0.2) is 5.17 Å². The maximum atomic E-state index is 9.67. The summed E-state index contributed by atoms with van der Waals surface area (Å²) < 4.78 is 2.20. The van der Waals surface area contributed by atoms with Gasteiger partial charge in [-0.3, -0.25) is 9.98 Å². The molecular weight excluding hydrogens is 368 g/mol. The molecule has 0 bridgehead atoms. The molecule has 0 aliphatic carbocycles. The zero-order valence-electron chi connectivity index (χ0n) is 15.6. The number of aliphatic imine (C=N–C) groups is 1. The van der Waals surface area contributed by atoms with E-state index in [2.05, 4.69) is 45.8 Å². The van der Waals surface area contributed by atoms with Gasteiger partial charge in [0, 0.05) is 35.6 Å². The Labute approximate surface area is 168 Å². The van der Waals surface area contributed by atoms with E-state index in [-0.39, 0.29) is 17.8 Å². The number of aromatic hydroxyl groups is 1. The second kappa shape index (κ2) is 7.02. The third-order valence-corrected chi connectivity index (χ3v) is 6.67. The second-order valence-corrected chi connectivity index (χ2v) is 8.14. The van der Waals surface area contributed by atoms with Crippen molar-refractivity contribution in [1.82, 2.24) is 14.5 Å². The number of rotatable bonds is 4. The molecule has 2 aromatic heterocycles. The number of fused-ring (bicyclic) bond motifs is 1. The Balaban J connectivity index is 1.62. The Hall–Kier alpha value is -2.73. The number of aromatic nitrogens is 2. The van der Waals surface area contributed by atoms with Crippen molar-refractivity contribution in [2.75, 3.05) is 5.75 Å². The smallest absolute Gasteiger partial charge is 0.160 e. The number of thioether (sulfide) groups is 1. The topological polar surface area (TPSA) is 53.6 Å². The van der Waals surface area contributed by atoms with Crippen LogP contribution in [0.2, 0.25) is 0 Å². The normalized spacial score (nSPS) is 23.7. The molecule has 2 aliphatic rings. The lowest BCUT2D eigenvalue weighted by molar-refractivity contribution is 0.249. The molecule has 0 amide bonds. The highest BCUT2D eigenvalue weighted by molar-refractivity contribution is 8.14. The molecule has 5 rings (SSSR count). The van der Waals surface area contributed by atoms with Crippen LogP contribution in [0.25, 0.3) is 5.69 Å². The maximum Gasteiger partial charge on any atom is 0.160 e. The average Bonchev–Trinajstić information content (AvgIpc) is 3.44. The number of phenols is 1. The van der Waals surface area contributed by atoms with Crippen molar-refractivity contribution in [3.63, 3.8) is 0 Å². The number of phenolic OH excluding ortho intramolecular Hbond substituents is 1. The van der Waals surface area contributed by atoms with Gasteiger partial charge in [-0.2, -0.15) is 0 Å². The Morgan fingerprint density at radius 1 is 1.11 bits per heavy atom. The first-order valence-corrected chi connectivity index (χ1v) is 10.6. The zero-order valence-corrected chi connectivity index (χ0v) is 16.5. The van der Waals surface area contributed by atoms with Crippen LogP contribution in [0.5, 0.6) is 5.75 Å². The SMILES string of the molecule is CC[C@@H]1CSC2=N[C@@H](c3ccccn3)[C@@H](c3cccn3-c3ccc(O)cc3)N21. The Morgan fingerprint density at radius 2 is 1.96 bits per heavy atom. The Kier molecular flexibility index (Phi) is 4.36. The summed E-state index contributed by atoms with van der Waals surface area (Å²) in [6.07, 6.45) is 5.02. The van der Waals surface area contributed by atoms with Crippen molar-refractivity contribution in [2.45, 2.75) is 31.5 Å². The molecule has 1 saturated heterocycles. The number of benzene rings is 1. The third-order valence-electron chi connectivity index (χ3n) is 5.54. The number of hydrogen-bond donors (Lipinski definition) is 1. The molecule has 1 fully saturated rings. The van der Waals surface area contributed by atoms with Gasteiger partial charge >= 0.3 is 0 Å².